The van der Waals surface area contributed by atoms with Crippen LogP contribution in [0.1, 0.15) is 32.4 Å². The maximum Gasteiger partial charge on any atom is 0.339 e. The minimum Gasteiger partial charge on any atom is -0.445 e. The van der Waals surface area contributed by atoms with E-state index in [0.717, 1.165) is 4.31 Å². The summed E-state index contributed by atoms with van der Waals surface area (Å²) in [6.45, 7) is 0. The Morgan fingerprint density at radius 3 is 1.83 bits per heavy atom. The van der Waals surface area contributed by atoms with Crippen molar-refractivity contribution in [3.8, 4) is 0 Å². The Morgan fingerprint density at radius 2 is 1.30 bits per heavy atom. The van der Waals surface area contributed by atoms with Crippen LogP contribution < -0.4 is 0 Å². The zero-order valence-corrected chi connectivity index (χ0v) is 17.4. The van der Waals surface area contributed by atoms with Gasteiger partial charge in [-0.3, -0.25) is 4.79 Å². The number of rotatable bonds is 7. The Balaban J connectivity index is 1.88. The number of esters is 1. The molecule has 0 bridgehead atoms. The highest BCUT2D eigenvalue weighted by Crippen LogP contribution is 2.24. The molecule has 0 aliphatic carbocycles. The molecular weight excluding hydrogens is 402 g/mol. The van der Waals surface area contributed by atoms with Crippen LogP contribution in [0.4, 0.5) is 0 Å². The topological polar surface area (TPSA) is 80.8 Å². The van der Waals surface area contributed by atoms with E-state index in [1.165, 1.54) is 38.4 Å². The average molecular weight is 423 g/mol. The normalized spacial score (nSPS) is 12.4. The number of sulfonamides is 1. The number of ether oxygens (including phenoxy) is 1. The lowest BCUT2D eigenvalue weighted by molar-refractivity contribution is 0.0280. The molecule has 3 aromatic carbocycles. The number of carbonyl (C=O) groups is 2. The van der Waals surface area contributed by atoms with Crippen LogP contribution in [-0.4, -0.2) is 38.6 Å². The Labute approximate surface area is 175 Å². The van der Waals surface area contributed by atoms with Crippen molar-refractivity contribution >= 4 is 21.8 Å². The van der Waals surface area contributed by atoms with Crippen molar-refractivity contribution in [2.75, 3.05) is 14.1 Å². The first-order valence-electron chi connectivity index (χ1n) is 9.18. The van der Waals surface area contributed by atoms with E-state index < -0.39 is 22.1 Å². The summed E-state index contributed by atoms with van der Waals surface area (Å²) in [6, 6.07) is 22.7. The molecule has 0 saturated carbocycles. The van der Waals surface area contributed by atoms with Gasteiger partial charge in [-0.2, -0.15) is 0 Å². The number of carbonyl (C=O) groups excluding carboxylic acids is 2. The molecule has 0 heterocycles. The summed E-state index contributed by atoms with van der Waals surface area (Å²) in [4.78, 5) is 25.8. The van der Waals surface area contributed by atoms with Gasteiger partial charge in [-0.15, -0.1) is 0 Å². The number of hydrogen-bond donors (Lipinski definition) is 0. The van der Waals surface area contributed by atoms with Crippen molar-refractivity contribution in [3.63, 3.8) is 0 Å². The van der Waals surface area contributed by atoms with Crippen molar-refractivity contribution < 1.29 is 22.7 Å². The zero-order chi connectivity index (χ0) is 21.7. The molecule has 0 fully saturated rings. The Bertz CT molecular complexity index is 1130. The third-order valence-electron chi connectivity index (χ3n) is 4.49. The predicted octanol–water partition coefficient (Wildman–Crippen LogP) is 3.72. The number of hydrogen-bond acceptors (Lipinski definition) is 5. The third-order valence-corrected chi connectivity index (χ3v) is 6.32. The summed E-state index contributed by atoms with van der Waals surface area (Å²) in [7, 11) is -0.752. The lowest BCUT2D eigenvalue weighted by Gasteiger charge is -2.18. The molecule has 3 rings (SSSR count). The van der Waals surface area contributed by atoms with E-state index in [0.29, 0.717) is 11.1 Å². The lowest BCUT2D eigenvalue weighted by Crippen LogP contribution is -2.22. The van der Waals surface area contributed by atoms with Gasteiger partial charge < -0.3 is 4.74 Å². The van der Waals surface area contributed by atoms with E-state index >= 15 is 0 Å². The number of Topliss-reactive ketones (excluding diaryl/α,β-unsaturated/α-hetero) is 1. The van der Waals surface area contributed by atoms with E-state index in [2.05, 4.69) is 0 Å². The fraction of sp³-hybridized carbons (Fsp3) is 0.130. The molecule has 0 spiro atoms. The van der Waals surface area contributed by atoms with Gasteiger partial charge in [0.1, 0.15) is 0 Å². The van der Waals surface area contributed by atoms with Crippen LogP contribution in [0.15, 0.2) is 89.8 Å². The van der Waals surface area contributed by atoms with E-state index in [1.54, 1.807) is 60.7 Å². The molecule has 0 aliphatic rings. The van der Waals surface area contributed by atoms with Gasteiger partial charge in [0.15, 0.2) is 6.10 Å². The summed E-state index contributed by atoms with van der Waals surface area (Å²) < 4.78 is 31.0. The van der Waals surface area contributed by atoms with Crippen LogP contribution in [0.25, 0.3) is 0 Å². The van der Waals surface area contributed by atoms with Gasteiger partial charge in [0, 0.05) is 25.2 Å². The molecule has 0 saturated heterocycles. The largest absolute Gasteiger partial charge is 0.445 e. The van der Waals surface area contributed by atoms with Gasteiger partial charge in [-0.1, -0.05) is 60.7 Å². The van der Waals surface area contributed by atoms with Gasteiger partial charge in [-0.25, -0.2) is 17.5 Å². The second kappa shape index (κ2) is 9.02. The number of benzene rings is 3. The molecule has 3 aromatic rings. The molecule has 0 unspecified atom stereocenters. The van der Waals surface area contributed by atoms with Gasteiger partial charge in [-0.05, 0) is 24.3 Å². The second-order valence-electron chi connectivity index (χ2n) is 6.74. The average Bonchev–Trinajstić information content (AvgIpc) is 2.78. The summed E-state index contributed by atoms with van der Waals surface area (Å²) in [5, 5.41) is 0. The monoisotopic (exact) mass is 423 g/mol. The van der Waals surface area contributed by atoms with Crippen molar-refractivity contribution in [1.29, 1.82) is 0 Å². The molecule has 154 valence electrons. The summed E-state index contributed by atoms with van der Waals surface area (Å²) >= 11 is 0. The molecule has 0 aromatic heterocycles. The molecule has 0 N–H and O–H groups in total. The standard InChI is InChI=1S/C23H21NO5S/c1-24(2)30(27,28)20-15-13-19(14-16-20)23(26)29-22(18-11-7-4-8-12-18)21(25)17-9-5-3-6-10-17/h3-16,22H,1-2H3/t22-/m0/s1. The molecule has 30 heavy (non-hydrogen) atoms. The van der Waals surface area contributed by atoms with Crippen molar-refractivity contribution in [1.82, 2.24) is 4.31 Å². The highest BCUT2D eigenvalue weighted by Gasteiger charge is 2.27. The van der Waals surface area contributed by atoms with Crippen LogP contribution in [0.5, 0.6) is 0 Å². The number of ketones is 1. The van der Waals surface area contributed by atoms with Gasteiger partial charge >= 0.3 is 5.97 Å². The van der Waals surface area contributed by atoms with E-state index in [9.17, 15) is 18.0 Å². The summed E-state index contributed by atoms with van der Waals surface area (Å²) in [5.74, 6) is -1.07. The summed E-state index contributed by atoms with van der Waals surface area (Å²) in [5.41, 5.74) is 1.12. The first kappa shape index (κ1) is 21.4. The quantitative estimate of drug-likeness (QED) is 0.427. The minimum atomic E-state index is -3.61. The van der Waals surface area contributed by atoms with Crippen LogP contribution in [0.2, 0.25) is 0 Å². The van der Waals surface area contributed by atoms with Gasteiger partial charge in [0.05, 0.1) is 10.5 Å². The lowest BCUT2D eigenvalue weighted by atomic mass is 10.00. The highest BCUT2D eigenvalue weighted by atomic mass is 32.2. The van der Waals surface area contributed by atoms with Gasteiger partial charge in [0.25, 0.3) is 0 Å². The predicted molar refractivity (Wildman–Crippen MR) is 113 cm³/mol. The van der Waals surface area contributed by atoms with Crippen LogP contribution in [0, 0.1) is 0 Å². The molecule has 0 radical (unpaired) electrons. The second-order valence-corrected chi connectivity index (χ2v) is 8.89. The Kier molecular flexibility index (Phi) is 6.44. The first-order valence-corrected chi connectivity index (χ1v) is 10.6. The van der Waals surface area contributed by atoms with Crippen molar-refractivity contribution in [2.45, 2.75) is 11.0 Å². The number of nitrogens with zero attached hydrogens (tertiary/aromatic N) is 1. The highest BCUT2D eigenvalue weighted by molar-refractivity contribution is 7.89. The first-order chi connectivity index (χ1) is 14.3. The smallest absolute Gasteiger partial charge is 0.339 e. The van der Waals surface area contributed by atoms with Crippen LogP contribution in [-0.2, 0) is 14.8 Å². The molecular formula is C23H21NO5S. The van der Waals surface area contributed by atoms with Crippen molar-refractivity contribution in [2.24, 2.45) is 0 Å². The molecule has 0 amide bonds. The van der Waals surface area contributed by atoms with E-state index in [4.69, 9.17) is 4.74 Å². The van der Waals surface area contributed by atoms with Crippen LogP contribution in [0.3, 0.4) is 0 Å². The minimum absolute atomic E-state index is 0.0593. The maximum atomic E-state index is 13.0. The maximum absolute atomic E-state index is 13.0. The molecule has 6 nitrogen and oxygen atoms in total. The fourth-order valence-electron chi connectivity index (χ4n) is 2.80. The summed E-state index contributed by atoms with van der Waals surface area (Å²) in [6.07, 6.45) is -1.12. The fourth-order valence-corrected chi connectivity index (χ4v) is 3.71. The zero-order valence-electron chi connectivity index (χ0n) is 16.6. The Hall–Kier alpha value is -3.29. The molecule has 1 atom stereocenters. The molecule has 7 heteroatoms. The van der Waals surface area contributed by atoms with Crippen molar-refractivity contribution in [3.05, 3.63) is 102 Å². The SMILES string of the molecule is CN(C)S(=O)(=O)c1ccc(C(=O)O[C@H](C(=O)c2ccccc2)c2ccccc2)cc1. The molecule has 0 aliphatic heterocycles. The van der Waals surface area contributed by atoms with E-state index in [1.807, 2.05) is 0 Å². The van der Waals surface area contributed by atoms with Crippen LogP contribution >= 0.6 is 0 Å². The third kappa shape index (κ3) is 4.64. The van der Waals surface area contributed by atoms with E-state index in [-0.39, 0.29) is 16.2 Å². The van der Waals surface area contributed by atoms with Gasteiger partial charge in [0.2, 0.25) is 15.8 Å². The Morgan fingerprint density at radius 1 is 0.767 bits per heavy atom.